The molecule has 1 saturated carbocycles. The van der Waals surface area contributed by atoms with E-state index >= 15 is 0 Å². The van der Waals surface area contributed by atoms with Crippen molar-refractivity contribution in [1.29, 1.82) is 0 Å². The Balaban J connectivity index is 3.02. The van der Waals surface area contributed by atoms with Gasteiger partial charge < -0.3 is 10.1 Å². The molecule has 0 amide bonds. The fourth-order valence-electron chi connectivity index (χ4n) is 3.46. The molecule has 1 aliphatic carbocycles. The number of rotatable bonds is 5. The first kappa shape index (κ1) is 15.5. The van der Waals surface area contributed by atoms with Crippen molar-refractivity contribution >= 4 is 5.97 Å². The Kier molecular flexibility index (Phi) is 5.64. The minimum absolute atomic E-state index is 0.0683. The Labute approximate surface area is 112 Å². The molecule has 0 spiro atoms. The maximum absolute atomic E-state index is 12.4. The van der Waals surface area contributed by atoms with Gasteiger partial charge in [-0.05, 0) is 43.6 Å². The number of methoxy groups -OCH3 is 1. The fourth-order valence-corrected chi connectivity index (χ4v) is 3.46. The summed E-state index contributed by atoms with van der Waals surface area (Å²) in [6.07, 6.45) is 4.28. The number of hydrogen-bond acceptors (Lipinski definition) is 3. The average Bonchev–Trinajstić information content (AvgIpc) is 2.34. The Hall–Kier alpha value is -0.570. The van der Waals surface area contributed by atoms with Crippen LogP contribution in [0.2, 0.25) is 0 Å². The van der Waals surface area contributed by atoms with Crippen molar-refractivity contribution in [3.8, 4) is 0 Å². The molecule has 1 aliphatic rings. The van der Waals surface area contributed by atoms with Gasteiger partial charge in [0.1, 0.15) is 5.54 Å². The number of ether oxygens (including phenoxy) is 1. The van der Waals surface area contributed by atoms with E-state index in [9.17, 15) is 4.79 Å². The lowest BCUT2D eigenvalue weighted by atomic mass is 9.65. The van der Waals surface area contributed by atoms with Gasteiger partial charge in [-0.1, -0.05) is 34.1 Å². The van der Waals surface area contributed by atoms with Gasteiger partial charge in [0.25, 0.3) is 0 Å². The molecule has 3 unspecified atom stereocenters. The van der Waals surface area contributed by atoms with E-state index in [1.54, 1.807) is 0 Å². The van der Waals surface area contributed by atoms with E-state index in [4.69, 9.17) is 4.74 Å². The molecule has 3 heteroatoms. The highest BCUT2D eigenvalue weighted by Gasteiger charge is 2.50. The van der Waals surface area contributed by atoms with E-state index in [0.717, 1.165) is 25.8 Å². The quantitative estimate of drug-likeness (QED) is 0.768. The van der Waals surface area contributed by atoms with Gasteiger partial charge in [-0.3, -0.25) is 4.79 Å². The summed E-state index contributed by atoms with van der Waals surface area (Å²) in [5.74, 6) is 1.40. The van der Waals surface area contributed by atoms with Gasteiger partial charge in [0.15, 0.2) is 0 Å². The third kappa shape index (κ3) is 3.05. The van der Waals surface area contributed by atoms with Gasteiger partial charge in [-0.25, -0.2) is 0 Å². The van der Waals surface area contributed by atoms with Gasteiger partial charge in [-0.15, -0.1) is 0 Å². The average molecular weight is 255 g/mol. The molecule has 3 atom stereocenters. The predicted molar refractivity (Wildman–Crippen MR) is 74.4 cm³/mol. The molecule has 0 aromatic rings. The Morgan fingerprint density at radius 1 is 1.44 bits per heavy atom. The molecule has 18 heavy (non-hydrogen) atoms. The second-order valence-corrected chi connectivity index (χ2v) is 6.13. The fraction of sp³-hybridized carbons (Fsp3) is 0.933. The molecule has 3 nitrogen and oxygen atoms in total. The molecule has 0 saturated heterocycles. The lowest BCUT2D eigenvalue weighted by molar-refractivity contribution is -0.155. The van der Waals surface area contributed by atoms with Gasteiger partial charge >= 0.3 is 5.97 Å². The lowest BCUT2D eigenvalue weighted by Crippen LogP contribution is -2.62. The second kappa shape index (κ2) is 6.55. The van der Waals surface area contributed by atoms with E-state index in [1.807, 2.05) is 0 Å². The van der Waals surface area contributed by atoms with Crippen molar-refractivity contribution in [2.45, 2.75) is 58.9 Å². The lowest BCUT2D eigenvalue weighted by Gasteiger charge is -2.46. The smallest absolute Gasteiger partial charge is 0.326 e. The first-order valence-corrected chi connectivity index (χ1v) is 7.31. The minimum Gasteiger partial charge on any atom is -0.468 e. The van der Waals surface area contributed by atoms with Gasteiger partial charge in [0.2, 0.25) is 0 Å². The van der Waals surface area contributed by atoms with Crippen molar-refractivity contribution in [3.05, 3.63) is 0 Å². The Bertz CT molecular complexity index is 278. The van der Waals surface area contributed by atoms with E-state index in [1.165, 1.54) is 13.5 Å². The number of carbonyl (C=O) groups is 1. The highest BCUT2D eigenvalue weighted by atomic mass is 16.5. The van der Waals surface area contributed by atoms with Crippen LogP contribution in [-0.2, 0) is 9.53 Å². The first-order chi connectivity index (χ1) is 8.47. The topological polar surface area (TPSA) is 38.3 Å². The predicted octanol–water partition coefficient (Wildman–Crippen LogP) is 2.99. The zero-order valence-electron chi connectivity index (χ0n) is 12.6. The normalized spacial score (nSPS) is 32.6. The Morgan fingerprint density at radius 2 is 2.11 bits per heavy atom. The van der Waals surface area contributed by atoms with E-state index in [-0.39, 0.29) is 5.97 Å². The number of carbonyl (C=O) groups excluding carboxylic acids is 1. The summed E-state index contributed by atoms with van der Waals surface area (Å²) in [6.45, 7) is 9.68. The molecule has 0 bridgehead atoms. The minimum atomic E-state index is -0.462. The monoisotopic (exact) mass is 255 g/mol. The highest BCUT2D eigenvalue weighted by Crippen LogP contribution is 2.41. The molecule has 1 fully saturated rings. The summed E-state index contributed by atoms with van der Waals surface area (Å²) < 4.78 is 5.12. The van der Waals surface area contributed by atoms with Gasteiger partial charge in [-0.2, -0.15) is 0 Å². The largest absolute Gasteiger partial charge is 0.468 e. The van der Waals surface area contributed by atoms with Crippen molar-refractivity contribution in [2.24, 2.45) is 17.8 Å². The van der Waals surface area contributed by atoms with Crippen LogP contribution in [0.5, 0.6) is 0 Å². The summed E-state index contributed by atoms with van der Waals surface area (Å²) >= 11 is 0. The summed E-state index contributed by atoms with van der Waals surface area (Å²) in [4.78, 5) is 12.4. The SMILES string of the molecule is CCCNC1(C(=O)OC)CC(C)CCC1C(C)C. The second-order valence-electron chi connectivity index (χ2n) is 6.13. The molecule has 106 valence electrons. The summed E-state index contributed by atoms with van der Waals surface area (Å²) in [5, 5.41) is 3.52. The molecular formula is C15H29NO2. The van der Waals surface area contributed by atoms with Crippen molar-refractivity contribution in [2.75, 3.05) is 13.7 Å². The molecule has 0 aromatic heterocycles. The van der Waals surface area contributed by atoms with Crippen LogP contribution in [-0.4, -0.2) is 25.2 Å². The Morgan fingerprint density at radius 3 is 2.61 bits per heavy atom. The van der Waals surface area contributed by atoms with Crippen LogP contribution < -0.4 is 5.32 Å². The summed E-state index contributed by atoms with van der Waals surface area (Å²) in [5.41, 5.74) is -0.462. The molecule has 1 N–H and O–H groups in total. The third-order valence-electron chi connectivity index (χ3n) is 4.32. The van der Waals surface area contributed by atoms with Gasteiger partial charge in [0.05, 0.1) is 7.11 Å². The van der Waals surface area contributed by atoms with Crippen molar-refractivity contribution in [3.63, 3.8) is 0 Å². The molecule has 0 aliphatic heterocycles. The zero-order chi connectivity index (χ0) is 13.8. The zero-order valence-corrected chi connectivity index (χ0v) is 12.6. The molecule has 1 rings (SSSR count). The van der Waals surface area contributed by atoms with Crippen LogP contribution in [0.4, 0.5) is 0 Å². The molecule has 0 heterocycles. The first-order valence-electron chi connectivity index (χ1n) is 7.31. The van der Waals surface area contributed by atoms with E-state index in [2.05, 4.69) is 33.0 Å². The standard InChI is InChI=1S/C15H29NO2/c1-6-9-16-15(14(17)18-5)10-12(4)7-8-13(15)11(2)3/h11-13,16H,6-10H2,1-5H3. The van der Waals surface area contributed by atoms with Crippen LogP contribution >= 0.6 is 0 Å². The van der Waals surface area contributed by atoms with Crippen molar-refractivity contribution < 1.29 is 9.53 Å². The van der Waals surface area contributed by atoms with E-state index in [0.29, 0.717) is 17.8 Å². The van der Waals surface area contributed by atoms with E-state index < -0.39 is 5.54 Å². The van der Waals surface area contributed by atoms with Crippen molar-refractivity contribution in [1.82, 2.24) is 5.32 Å². The number of hydrogen-bond donors (Lipinski definition) is 1. The molecule has 0 aromatic carbocycles. The summed E-state index contributed by atoms with van der Waals surface area (Å²) in [6, 6.07) is 0. The van der Waals surface area contributed by atoms with Crippen LogP contribution in [0.15, 0.2) is 0 Å². The number of esters is 1. The maximum atomic E-state index is 12.4. The molecular weight excluding hydrogens is 226 g/mol. The third-order valence-corrected chi connectivity index (χ3v) is 4.32. The van der Waals surface area contributed by atoms with Crippen LogP contribution in [0, 0.1) is 17.8 Å². The highest BCUT2D eigenvalue weighted by molar-refractivity contribution is 5.81. The van der Waals surface area contributed by atoms with Crippen LogP contribution in [0.3, 0.4) is 0 Å². The molecule has 0 radical (unpaired) electrons. The summed E-state index contributed by atoms with van der Waals surface area (Å²) in [7, 11) is 1.51. The van der Waals surface area contributed by atoms with Crippen LogP contribution in [0.1, 0.15) is 53.4 Å². The maximum Gasteiger partial charge on any atom is 0.326 e. The van der Waals surface area contributed by atoms with Crippen LogP contribution in [0.25, 0.3) is 0 Å². The number of nitrogens with one attached hydrogen (secondary N) is 1. The van der Waals surface area contributed by atoms with Gasteiger partial charge in [0, 0.05) is 0 Å².